The molecular weight excluding hydrogens is 240 g/mol. The lowest BCUT2D eigenvalue weighted by Crippen LogP contribution is -2.42. The van der Waals surface area contributed by atoms with Crippen LogP contribution >= 0.6 is 0 Å². The van der Waals surface area contributed by atoms with E-state index in [0.717, 1.165) is 0 Å². The van der Waals surface area contributed by atoms with Gasteiger partial charge in [-0.25, -0.2) is 13.1 Å². The first-order chi connectivity index (χ1) is 7.85. The van der Waals surface area contributed by atoms with E-state index in [-0.39, 0.29) is 5.75 Å². The van der Waals surface area contributed by atoms with E-state index >= 15 is 0 Å². The summed E-state index contributed by atoms with van der Waals surface area (Å²) in [6.45, 7) is 7.07. The minimum Gasteiger partial charge on any atom is -0.375 e. The van der Waals surface area contributed by atoms with Crippen molar-refractivity contribution in [2.75, 3.05) is 25.4 Å². The number of ether oxygens (including phenoxy) is 1. The zero-order valence-corrected chi connectivity index (χ0v) is 11.8. The number of nitrogens with one attached hydrogen (secondary N) is 2. The van der Waals surface area contributed by atoms with Crippen molar-refractivity contribution < 1.29 is 13.2 Å². The van der Waals surface area contributed by atoms with E-state index in [1.54, 1.807) is 0 Å². The van der Waals surface area contributed by atoms with Crippen LogP contribution in [0.5, 0.6) is 0 Å². The second kappa shape index (κ2) is 6.13. The smallest absolute Gasteiger partial charge is 0.212 e. The fraction of sp³-hybridized carbons (Fsp3) is 1.00. The SMILES string of the molecule is CCOC(C)(C)CNS(=O)(=O)CCNC1CC1. The average molecular weight is 264 g/mol. The van der Waals surface area contributed by atoms with Crippen molar-refractivity contribution in [3.8, 4) is 0 Å². The van der Waals surface area contributed by atoms with Gasteiger partial charge in [-0.2, -0.15) is 0 Å². The Morgan fingerprint density at radius 1 is 1.35 bits per heavy atom. The summed E-state index contributed by atoms with van der Waals surface area (Å²) in [5, 5.41) is 3.18. The number of sulfonamides is 1. The molecule has 0 unspecified atom stereocenters. The molecule has 0 aromatic heterocycles. The maximum Gasteiger partial charge on any atom is 0.212 e. The van der Waals surface area contributed by atoms with Crippen LogP contribution in [0.15, 0.2) is 0 Å². The lowest BCUT2D eigenvalue weighted by atomic mass is 10.1. The van der Waals surface area contributed by atoms with Crippen LogP contribution in [0.2, 0.25) is 0 Å². The Kier molecular flexibility index (Phi) is 5.37. The summed E-state index contributed by atoms with van der Waals surface area (Å²) < 4.78 is 31.4. The molecule has 0 aromatic rings. The van der Waals surface area contributed by atoms with Crippen LogP contribution in [-0.4, -0.2) is 45.5 Å². The normalized spacial score (nSPS) is 17.4. The van der Waals surface area contributed by atoms with Gasteiger partial charge in [0.2, 0.25) is 10.0 Å². The maximum absolute atomic E-state index is 11.7. The van der Waals surface area contributed by atoms with Gasteiger partial charge in [0.05, 0.1) is 11.4 Å². The van der Waals surface area contributed by atoms with Crippen molar-refractivity contribution in [1.82, 2.24) is 10.0 Å². The summed E-state index contributed by atoms with van der Waals surface area (Å²) in [6, 6.07) is 0.546. The van der Waals surface area contributed by atoms with Gasteiger partial charge in [0.25, 0.3) is 0 Å². The predicted octanol–water partition coefficient (Wildman–Crippen LogP) is 0.473. The predicted molar refractivity (Wildman–Crippen MR) is 68.5 cm³/mol. The van der Waals surface area contributed by atoms with Crippen LogP contribution in [0, 0.1) is 0 Å². The van der Waals surface area contributed by atoms with E-state index in [1.165, 1.54) is 12.8 Å². The summed E-state index contributed by atoms with van der Waals surface area (Å²) >= 11 is 0. The average Bonchev–Trinajstić information content (AvgIpc) is 2.99. The van der Waals surface area contributed by atoms with Crippen molar-refractivity contribution in [3.05, 3.63) is 0 Å². The molecule has 0 radical (unpaired) electrons. The quantitative estimate of drug-likeness (QED) is 0.635. The summed E-state index contributed by atoms with van der Waals surface area (Å²) in [5.74, 6) is 0.131. The fourth-order valence-electron chi connectivity index (χ4n) is 1.48. The third-order valence-corrected chi connectivity index (χ3v) is 3.96. The van der Waals surface area contributed by atoms with Crippen LogP contribution in [0.3, 0.4) is 0 Å². The van der Waals surface area contributed by atoms with Crippen LogP contribution in [0.1, 0.15) is 33.6 Å². The van der Waals surface area contributed by atoms with Crippen molar-refractivity contribution in [2.45, 2.75) is 45.3 Å². The molecule has 1 fully saturated rings. The summed E-state index contributed by atoms with van der Waals surface area (Å²) in [4.78, 5) is 0. The Labute approximate surface area is 104 Å². The molecule has 0 saturated heterocycles. The zero-order valence-electron chi connectivity index (χ0n) is 11.0. The van der Waals surface area contributed by atoms with E-state index in [1.807, 2.05) is 20.8 Å². The van der Waals surface area contributed by atoms with Crippen molar-refractivity contribution in [3.63, 3.8) is 0 Å². The molecule has 0 aliphatic heterocycles. The Bertz CT molecular complexity index is 324. The highest BCUT2D eigenvalue weighted by Crippen LogP contribution is 2.18. The third kappa shape index (κ3) is 6.98. The molecule has 0 amide bonds. The lowest BCUT2D eigenvalue weighted by Gasteiger charge is -2.24. The van der Waals surface area contributed by atoms with Gasteiger partial charge in [-0.1, -0.05) is 0 Å². The minimum atomic E-state index is -3.19. The molecule has 1 rings (SSSR count). The second-order valence-corrected chi connectivity index (χ2v) is 6.99. The molecule has 6 heteroatoms. The molecule has 0 spiro atoms. The molecule has 102 valence electrons. The van der Waals surface area contributed by atoms with Gasteiger partial charge in [-0.15, -0.1) is 0 Å². The van der Waals surface area contributed by atoms with E-state index in [9.17, 15) is 8.42 Å². The van der Waals surface area contributed by atoms with Gasteiger partial charge >= 0.3 is 0 Å². The summed E-state index contributed by atoms with van der Waals surface area (Å²) in [7, 11) is -3.19. The molecule has 17 heavy (non-hydrogen) atoms. The van der Waals surface area contributed by atoms with E-state index in [0.29, 0.717) is 25.7 Å². The highest BCUT2D eigenvalue weighted by Gasteiger charge is 2.23. The Hall–Kier alpha value is -0.170. The van der Waals surface area contributed by atoms with Crippen LogP contribution < -0.4 is 10.0 Å². The molecule has 0 bridgehead atoms. The topological polar surface area (TPSA) is 67.4 Å². The lowest BCUT2D eigenvalue weighted by molar-refractivity contribution is -0.00514. The standard InChI is InChI=1S/C11H24N2O3S/c1-4-16-11(2,3)9-13-17(14,15)8-7-12-10-5-6-10/h10,12-13H,4-9H2,1-3H3. The highest BCUT2D eigenvalue weighted by atomic mass is 32.2. The van der Waals surface area contributed by atoms with E-state index < -0.39 is 15.6 Å². The molecule has 0 atom stereocenters. The molecule has 0 heterocycles. The van der Waals surface area contributed by atoms with Crippen molar-refractivity contribution >= 4 is 10.0 Å². The van der Waals surface area contributed by atoms with Gasteiger partial charge in [-0.05, 0) is 33.6 Å². The van der Waals surface area contributed by atoms with E-state index in [2.05, 4.69) is 10.0 Å². The Balaban J connectivity index is 2.22. The van der Waals surface area contributed by atoms with Gasteiger partial charge in [0.15, 0.2) is 0 Å². The van der Waals surface area contributed by atoms with Crippen molar-refractivity contribution in [1.29, 1.82) is 0 Å². The molecule has 1 aliphatic carbocycles. The van der Waals surface area contributed by atoms with Gasteiger partial charge < -0.3 is 10.1 Å². The Morgan fingerprint density at radius 2 is 2.00 bits per heavy atom. The largest absolute Gasteiger partial charge is 0.375 e. The third-order valence-electron chi connectivity index (χ3n) is 2.63. The first-order valence-corrected chi connectivity index (χ1v) is 7.84. The molecule has 1 saturated carbocycles. The number of hydrogen-bond acceptors (Lipinski definition) is 4. The second-order valence-electron chi connectivity index (χ2n) is 5.06. The Morgan fingerprint density at radius 3 is 2.53 bits per heavy atom. The van der Waals surface area contributed by atoms with Crippen molar-refractivity contribution in [2.24, 2.45) is 0 Å². The molecule has 5 nitrogen and oxygen atoms in total. The monoisotopic (exact) mass is 264 g/mol. The summed E-state index contributed by atoms with van der Waals surface area (Å²) in [6.07, 6.45) is 2.34. The molecular formula is C11H24N2O3S. The zero-order chi connectivity index (χ0) is 12.9. The van der Waals surface area contributed by atoms with Crippen LogP contribution in [0.25, 0.3) is 0 Å². The molecule has 2 N–H and O–H groups in total. The maximum atomic E-state index is 11.7. The number of hydrogen-bond donors (Lipinski definition) is 2. The van der Waals surface area contributed by atoms with Gasteiger partial charge in [0, 0.05) is 25.7 Å². The number of rotatable bonds is 9. The first-order valence-electron chi connectivity index (χ1n) is 6.19. The van der Waals surface area contributed by atoms with E-state index in [4.69, 9.17) is 4.74 Å². The fourth-order valence-corrected chi connectivity index (χ4v) is 2.58. The first kappa shape index (κ1) is 14.9. The molecule has 0 aromatic carbocycles. The summed E-state index contributed by atoms with van der Waals surface area (Å²) in [5.41, 5.74) is -0.453. The minimum absolute atomic E-state index is 0.131. The van der Waals surface area contributed by atoms with Gasteiger partial charge in [-0.3, -0.25) is 0 Å². The molecule has 1 aliphatic rings. The van der Waals surface area contributed by atoms with Gasteiger partial charge in [0.1, 0.15) is 0 Å². The highest BCUT2D eigenvalue weighted by molar-refractivity contribution is 7.89. The van der Waals surface area contributed by atoms with Crippen LogP contribution in [-0.2, 0) is 14.8 Å². The van der Waals surface area contributed by atoms with Crippen LogP contribution in [0.4, 0.5) is 0 Å².